The van der Waals surface area contributed by atoms with Crippen molar-refractivity contribution in [2.24, 2.45) is 5.41 Å². The van der Waals surface area contributed by atoms with Crippen LogP contribution in [0, 0.1) is 5.41 Å². The van der Waals surface area contributed by atoms with Crippen LogP contribution in [0.5, 0.6) is 0 Å². The van der Waals surface area contributed by atoms with Gasteiger partial charge in [0.15, 0.2) is 0 Å². The molecule has 0 spiro atoms. The number of aliphatic carboxylic acids is 1. The molecule has 1 rings (SSSR count). The molecule has 0 unspecified atom stereocenters. The van der Waals surface area contributed by atoms with Crippen molar-refractivity contribution in [3.63, 3.8) is 0 Å². The molecule has 0 aromatic rings. The number of rotatable bonds is 4. The first-order chi connectivity index (χ1) is 5.52. The first-order valence-corrected chi connectivity index (χ1v) is 3.95. The van der Waals surface area contributed by atoms with Gasteiger partial charge in [-0.25, -0.2) is 0 Å². The fraction of sp³-hybridized carbons (Fsp3) is 0.875. The number of hydrogen-bond donors (Lipinski definition) is 1. The van der Waals surface area contributed by atoms with E-state index in [1.54, 1.807) is 13.8 Å². The van der Waals surface area contributed by atoms with E-state index in [0.717, 1.165) is 0 Å². The molecule has 4 heteroatoms. The predicted molar refractivity (Wildman–Crippen MR) is 42.0 cm³/mol. The highest BCUT2D eigenvalue weighted by molar-refractivity contribution is 5.73. The fourth-order valence-electron chi connectivity index (χ4n) is 0.698. The van der Waals surface area contributed by atoms with Gasteiger partial charge in [0.25, 0.3) is 0 Å². The summed E-state index contributed by atoms with van der Waals surface area (Å²) in [6.07, 6.45) is 0.101. The zero-order valence-electron chi connectivity index (χ0n) is 7.37. The maximum Gasteiger partial charge on any atom is 0.311 e. The second-order valence-electron chi connectivity index (χ2n) is 3.66. The van der Waals surface area contributed by atoms with E-state index in [0.29, 0.717) is 13.2 Å². The zero-order valence-corrected chi connectivity index (χ0v) is 7.37. The molecule has 1 aliphatic rings. The summed E-state index contributed by atoms with van der Waals surface area (Å²) in [6.45, 7) is 4.73. The molecule has 0 aromatic heterocycles. The molecular formula is C8H14O4. The number of carbonyl (C=O) groups is 1. The van der Waals surface area contributed by atoms with Crippen molar-refractivity contribution in [1.82, 2.24) is 0 Å². The largest absolute Gasteiger partial charge is 0.481 e. The average Bonchev–Trinajstić information content (AvgIpc) is 1.83. The second kappa shape index (κ2) is 3.41. The maximum atomic E-state index is 10.6. The third-order valence-electron chi connectivity index (χ3n) is 1.87. The molecule has 0 saturated carbocycles. The first-order valence-electron chi connectivity index (χ1n) is 3.95. The average molecular weight is 174 g/mol. The molecule has 1 aliphatic heterocycles. The Balaban J connectivity index is 2.24. The molecule has 4 nitrogen and oxygen atoms in total. The molecule has 1 saturated heterocycles. The van der Waals surface area contributed by atoms with Crippen LogP contribution >= 0.6 is 0 Å². The lowest BCUT2D eigenvalue weighted by molar-refractivity contribution is -0.165. The molecule has 0 radical (unpaired) electrons. The molecule has 12 heavy (non-hydrogen) atoms. The second-order valence-corrected chi connectivity index (χ2v) is 3.66. The predicted octanol–water partition coefficient (Wildman–Crippen LogP) is 0.513. The van der Waals surface area contributed by atoms with Crippen molar-refractivity contribution in [3.8, 4) is 0 Å². The fourth-order valence-corrected chi connectivity index (χ4v) is 0.698. The van der Waals surface area contributed by atoms with E-state index >= 15 is 0 Å². The van der Waals surface area contributed by atoms with Crippen molar-refractivity contribution < 1.29 is 19.4 Å². The molecule has 1 fully saturated rings. The van der Waals surface area contributed by atoms with Gasteiger partial charge in [-0.15, -0.1) is 0 Å². The Morgan fingerprint density at radius 3 is 2.58 bits per heavy atom. The summed E-state index contributed by atoms with van der Waals surface area (Å²) in [4.78, 5) is 10.6. The van der Waals surface area contributed by atoms with Crippen LogP contribution in [0.1, 0.15) is 13.8 Å². The Morgan fingerprint density at radius 1 is 1.67 bits per heavy atom. The zero-order chi connectivity index (χ0) is 9.19. The number of hydrogen-bond acceptors (Lipinski definition) is 3. The first kappa shape index (κ1) is 9.48. The van der Waals surface area contributed by atoms with E-state index in [1.807, 2.05) is 0 Å². The minimum absolute atomic E-state index is 0.101. The lowest BCUT2D eigenvalue weighted by Crippen LogP contribution is -2.40. The van der Waals surface area contributed by atoms with Gasteiger partial charge in [0.2, 0.25) is 0 Å². The monoisotopic (exact) mass is 174 g/mol. The Labute approximate surface area is 71.5 Å². The molecule has 70 valence electrons. The highest BCUT2D eigenvalue weighted by Gasteiger charge is 2.30. The van der Waals surface area contributed by atoms with Gasteiger partial charge < -0.3 is 14.6 Å². The third-order valence-corrected chi connectivity index (χ3v) is 1.87. The van der Waals surface area contributed by atoms with Crippen molar-refractivity contribution in [2.75, 3.05) is 19.8 Å². The number of ether oxygens (including phenoxy) is 2. The maximum absolute atomic E-state index is 10.6. The van der Waals surface area contributed by atoms with Crippen LogP contribution < -0.4 is 0 Å². The molecule has 0 aromatic carbocycles. The van der Waals surface area contributed by atoms with Gasteiger partial charge >= 0.3 is 5.97 Å². The van der Waals surface area contributed by atoms with Crippen molar-refractivity contribution >= 4 is 5.97 Å². The van der Waals surface area contributed by atoms with E-state index in [1.165, 1.54) is 0 Å². The quantitative estimate of drug-likeness (QED) is 0.674. The van der Waals surface area contributed by atoms with Crippen LogP contribution in [0.3, 0.4) is 0 Å². The summed E-state index contributed by atoms with van der Waals surface area (Å²) in [5.41, 5.74) is -0.796. The summed E-state index contributed by atoms with van der Waals surface area (Å²) < 4.78 is 10.2. The van der Waals surface area contributed by atoms with E-state index in [2.05, 4.69) is 0 Å². The van der Waals surface area contributed by atoms with Crippen LogP contribution in [0.15, 0.2) is 0 Å². The van der Waals surface area contributed by atoms with Gasteiger partial charge in [-0.3, -0.25) is 4.79 Å². The van der Waals surface area contributed by atoms with Gasteiger partial charge in [-0.2, -0.15) is 0 Å². The van der Waals surface area contributed by atoms with Crippen LogP contribution in [-0.4, -0.2) is 37.0 Å². The lowest BCUT2D eigenvalue weighted by Gasteiger charge is -2.29. The van der Waals surface area contributed by atoms with Gasteiger partial charge in [-0.1, -0.05) is 0 Å². The Hall–Kier alpha value is -0.610. The van der Waals surface area contributed by atoms with Crippen LogP contribution in [0.25, 0.3) is 0 Å². The molecule has 0 bridgehead atoms. The van der Waals surface area contributed by atoms with E-state index in [4.69, 9.17) is 14.6 Å². The van der Waals surface area contributed by atoms with E-state index in [-0.39, 0.29) is 12.7 Å². The standard InChI is InChI=1S/C8H14O4/c1-8(2,7(9)10)5-12-6-3-11-4-6/h6H,3-5H2,1-2H3,(H,9,10). The Morgan fingerprint density at radius 2 is 2.25 bits per heavy atom. The lowest BCUT2D eigenvalue weighted by atomic mass is 9.95. The summed E-state index contributed by atoms with van der Waals surface area (Å²) in [6, 6.07) is 0. The number of carboxylic acids is 1. The smallest absolute Gasteiger partial charge is 0.311 e. The number of carboxylic acid groups (broad SMARTS) is 1. The Bertz CT molecular complexity index is 172. The minimum atomic E-state index is -0.831. The molecule has 1 N–H and O–H groups in total. The molecule has 1 heterocycles. The van der Waals surface area contributed by atoms with Gasteiger partial charge in [0.05, 0.1) is 25.2 Å². The van der Waals surface area contributed by atoms with Crippen molar-refractivity contribution in [1.29, 1.82) is 0 Å². The summed E-state index contributed by atoms with van der Waals surface area (Å²) in [7, 11) is 0. The molecule has 0 aliphatic carbocycles. The van der Waals surface area contributed by atoms with Crippen LogP contribution in [-0.2, 0) is 14.3 Å². The Kier molecular flexibility index (Phi) is 2.69. The summed E-state index contributed by atoms with van der Waals surface area (Å²) >= 11 is 0. The highest BCUT2D eigenvalue weighted by Crippen LogP contribution is 2.18. The molecule has 0 atom stereocenters. The third kappa shape index (κ3) is 2.19. The normalized spacial score (nSPS) is 18.8. The summed E-state index contributed by atoms with van der Waals surface area (Å²) in [5.74, 6) is -0.831. The summed E-state index contributed by atoms with van der Waals surface area (Å²) in [5, 5.41) is 8.73. The topological polar surface area (TPSA) is 55.8 Å². The van der Waals surface area contributed by atoms with Crippen molar-refractivity contribution in [2.45, 2.75) is 20.0 Å². The van der Waals surface area contributed by atoms with Crippen molar-refractivity contribution in [3.05, 3.63) is 0 Å². The van der Waals surface area contributed by atoms with Gasteiger partial charge in [-0.05, 0) is 13.8 Å². The van der Waals surface area contributed by atoms with E-state index < -0.39 is 11.4 Å². The highest BCUT2D eigenvalue weighted by atomic mass is 16.6. The van der Waals surface area contributed by atoms with Crippen LogP contribution in [0.2, 0.25) is 0 Å². The SMILES string of the molecule is CC(C)(COC1COC1)C(=O)O. The molecular weight excluding hydrogens is 160 g/mol. The van der Waals surface area contributed by atoms with Gasteiger partial charge in [0.1, 0.15) is 6.10 Å². The van der Waals surface area contributed by atoms with E-state index in [9.17, 15) is 4.79 Å². The van der Waals surface area contributed by atoms with Crippen LogP contribution in [0.4, 0.5) is 0 Å². The molecule has 0 amide bonds. The van der Waals surface area contributed by atoms with Gasteiger partial charge in [0, 0.05) is 0 Å². The minimum Gasteiger partial charge on any atom is -0.481 e.